The Morgan fingerprint density at radius 1 is 1.12 bits per heavy atom. The lowest BCUT2D eigenvalue weighted by Gasteiger charge is -2.17. The molecule has 0 spiro atoms. The van der Waals surface area contributed by atoms with Crippen LogP contribution in [0.5, 0.6) is 5.75 Å². The first-order valence-electron chi connectivity index (χ1n) is 7.01. The smallest absolute Gasteiger partial charge is 0.247 e. The van der Waals surface area contributed by atoms with Crippen molar-refractivity contribution in [3.05, 3.63) is 46.2 Å². The van der Waals surface area contributed by atoms with Crippen LogP contribution in [-0.2, 0) is 10.0 Å². The van der Waals surface area contributed by atoms with Gasteiger partial charge in [0.25, 0.3) is 0 Å². The minimum absolute atomic E-state index is 0.00401. The summed E-state index contributed by atoms with van der Waals surface area (Å²) in [7, 11) is -1.36. The Labute approximate surface area is 165 Å². The van der Waals surface area contributed by atoms with Crippen molar-refractivity contribution in [2.75, 3.05) is 24.7 Å². The number of nitrogens with zero attached hydrogens (tertiary/aromatic N) is 1. The van der Waals surface area contributed by atoms with Crippen LogP contribution in [0.4, 0.5) is 15.8 Å². The molecule has 0 atom stereocenters. The quantitative estimate of drug-likeness (QED) is 0.496. The van der Waals surface area contributed by atoms with Gasteiger partial charge in [-0.25, -0.2) is 17.1 Å². The molecule has 26 heavy (non-hydrogen) atoms. The second kappa shape index (κ2) is 7.93. The molecule has 0 unspecified atom stereocenters. The summed E-state index contributed by atoms with van der Waals surface area (Å²) in [5.74, 6) is -1.09. The molecule has 0 saturated carbocycles. The highest BCUT2D eigenvalue weighted by Crippen LogP contribution is 2.38. The van der Waals surface area contributed by atoms with Crippen LogP contribution in [0.25, 0.3) is 0 Å². The molecule has 0 aliphatic carbocycles. The van der Waals surface area contributed by atoms with E-state index in [9.17, 15) is 17.9 Å². The normalized spacial score (nSPS) is 11.5. The van der Waals surface area contributed by atoms with E-state index >= 15 is 0 Å². The molecule has 11 heteroatoms. The molecular formula is C15H14Cl2FN3O3S2. The Morgan fingerprint density at radius 3 is 2.27 bits per heavy atom. The third-order valence-electron chi connectivity index (χ3n) is 3.25. The lowest BCUT2D eigenvalue weighted by Crippen LogP contribution is -2.23. The van der Waals surface area contributed by atoms with Crippen molar-refractivity contribution < 1.29 is 17.9 Å². The second-order valence-electron chi connectivity index (χ2n) is 5.26. The van der Waals surface area contributed by atoms with Crippen LogP contribution < -0.4 is 10.6 Å². The van der Waals surface area contributed by atoms with E-state index in [1.54, 1.807) is 0 Å². The van der Waals surface area contributed by atoms with Crippen LogP contribution in [0, 0.1) is 5.82 Å². The monoisotopic (exact) mass is 437 g/mol. The van der Waals surface area contributed by atoms with Crippen LogP contribution in [-0.4, -0.2) is 37.0 Å². The fraction of sp³-hybridized carbons (Fsp3) is 0.133. The van der Waals surface area contributed by atoms with Gasteiger partial charge < -0.3 is 15.7 Å². The molecule has 0 aliphatic rings. The van der Waals surface area contributed by atoms with Gasteiger partial charge in [0, 0.05) is 14.1 Å². The number of hydrogen-bond acceptors (Lipinski definition) is 4. The van der Waals surface area contributed by atoms with Crippen LogP contribution in [0.15, 0.2) is 35.2 Å². The molecular weight excluding hydrogens is 424 g/mol. The molecule has 0 heterocycles. The lowest BCUT2D eigenvalue weighted by atomic mass is 10.3. The molecule has 0 amide bonds. The van der Waals surface area contributed by atoms with Gasteiger partial charge in [0.15, 0.2) is 10.9 Å². The summed E-state index contributed by atoms with van der Waals surface area (Å²) in [5.41, 5.74) is 0.353. The molecule has 6 nitrogen and oxygen atoms in total. The third-order valence-corrected chi connectivity index (χ3v) is 6.08. The fourth-order valence-electron chi connectivity index (χ4n) is 1.94. The fourth-order valence-corrected chi connectivity index (χ4v) is 3.86. The zero-order chi connectivity index (χ0) is 19.6. The summed E-state index contributed by atoms with van der Waals surface area (Å²) in [6, 6.07) is 6.36. The van der Waals surface area contributed by atoms with E-state index < -0.39 is 26.5 Å². The van der Waals surface area contributed by atoms with Gasteiger partial charge in [-0.3, -0.25) is 0 Å². The number of hydrogen-bond donors (Lipinski definition) is 3. The van der Waals surface area contributed by atoms with E-state index in [2.05, 4.69) is 10.6 Å². The van der Waals surface area contributed by atoms with Crippen LogP contribution in [0.1, 0.15) is 0 Å². The molecule has 2 rings (SSSR count). The van der Waals surface area contributed by atoms with Crippen molar-refractivity contribution in [3.8, 4) is 5.75 Å². The second-order valence-corrected chi connectivity index (χ2v) is 8.57. The van der Waals surface area contributed by atoms with E-state index in [0.717, 1.165) is 10.4 Å². The Bertz CT molecular complexity index is 969. The standard InChI is InChI=1S/C15H14Cl2FN3O3S2/c1-21(2)26(23,24)14-9(16)4-6-12(13(14)22)20-15(25)19-11-5-3-8(18)7-10(11)17/h3-7,22H,1-2H3,(H2,19,20,25). The SMILES string of the molecule is CN(C)S(=O)(=O)c1c(Cl)ccc(NC(=S)Nc2ccc(F)cc2Cl)c1O. The van der Waals surface area contributed by atoms with E-state index in [1.807, 2.05) is 0 Å². The van der Waals surface area contributed by atoms with Gasteiger partial charge in [0.2, 0.25) is 10.0 Å². The predicted octanol–water partition coefficient (Wildman–Crippen LogP) is 3.90. The van der Waals surface area contributed by atoms with Gasteiger partial charge in [-0.05, 0) is 42.5 Å². The zero-order valence-corrected chi connectivity index (χ0v) is 16.7. The number of thiocarbonyl (C=S) groups is 1. The largest absolute Gasteiger partial charge is 0.504 e. The molecule has 0 radical (unpaired) electrons. The molecule has 0 bridgehead atoms. The Balaban J connectivity index is 2.31. The number of anilines is 2. The van der Waals surface area contributed by atoms with E-state index in [4.69, 9.17) is 35.4 Å². The number of aromatic hydroxyl groups is 1. The van der Waals surface area contributed by atoms with Crippen molar-refractivity contribution in [3.63, 3.8) is 0 Å². The third kappa shape index (κ3) is 4.36. The average Bonchev–Trinajstić information content (AvgIpc) is 2.52. The molecule has 2 aromatic carbocycles. The molecule has 0 fully saturated rings. The number of nitrogens with one attached hydrogen (secondary N) is 2. The van der Waals surface area contributed by atoms with Crippen LogP contribution in [0.2, 0.25) is 10.0 Å². The van der Waals surface area contributed by atoms with Gasteiger partial charge in [0.1, 0.15) is 10.7 Å². The minimum Gasteiger partial charge on any atom is -0.504 e. The van der Waals surface area contributed by atoms with Gasteiger partial charge in [-0.15, -0.1) is 0 Å². The minimum atomic E-state index is -3.98. The summed E-state index contributed by atoms with van der Waals surface area (Å²) < 4.78 is 38.7. The molecule has 0 aromatic heterocycles. The van der Waals surface area contributed by atoms with E-state index in [1.165, 1.54) is 38.4 Å². The van der Waals surface area contributed by atoms with Gasteiger partial charge >= 0.3 is 0 Å². The number of sulfonamides is 1. The van der Waals surface area contributed by atoms with E-state index in [-0.39, 0.29) is 20.8 Å². The molecule has 3 N–H and O–H groups in total. The van der Waals surface area contributed by atoms with Crippen molar-refractivity contribution in [2.24, 2.45) is 0 Å². The van der Waals surface area contributed by atoms with Crippen molar-refractivity contribution in [1.82, 2.24) is 4.31 Å². The highest BCUT2D eigenvalue weighted by atomic mass is 35.5. The maximum absolute atomic E-state index is 13.1. The zero-order valence-electron chi connectivity index (χ0n) is 13.5. The molecule has 0 aliphatic heterocycles. The summed E-state index contributed by atoms with van der Waals surface area (Å²) in [6.07, 6.45) is 0. The van der Waals surface area contributed by atoms with Gasteiger partial charge in [-0.1, -0.05) is 23.2 Å². The summed E-state index contributed by atoms with van der Waals surface area (Å²) in [4.78, 5) is -0.447. The molecule has 0 saturated heterocycles. The first-order valence-corrected chi connectivity index (χ1v) is 9.61. The van der Waals surface area contributed by atoms with Crippen molar-refractivity contribution in [2.45, 2.75) is 4.90 Å². The first-order chi connectivity index (χ1) is 12.0. The molecule has 140 valence electrons. The number of halogens is 3. The highest BCUT2D eigenvalue weighted by Gasteiger charge is 2.27. The summed E-state index contributed by atoms with van der Waals surface area (Å²) >= 11 is 17.0. The number of benzene rings is 2. The number of phenols is 1. The highest BCUT2D eigenvalue weighted by molar-refractivity contribution is 7.89. The van der Waals surface area contributed by atoms with Crippen LogP contribution >= 0.6 is 35.4 Å². The average molecular weight is 438 g/mol. The number of phenolic OH excluding ortho intramolecular Hbond substituents is 1. The Kier molecular flexibility index (Phi) is 6.30. The number of rotatable bonds is 4. The topological polar surface area (TPSA) is 81.7 Å². The maximum atomic E-state index is 13.1. The van der Waals surface area contributed by atoms with Gasteiger partial charge in [-0.2, -0.15) is 0 Å². The first kappa shape index (κ1) is 20.7. The maximum Gasteiger partial charge on any atom is 0.247 e. The van der Waals surface area contributed by atoms with Gasteiger partial charge in [0.05, 0.1) is 21.4 Å². The molecule has 2 aromatic rings. The lowest BCUT2D eigenvalue weighted by molar-refractivity contribution is 0.455. The van der Waals surface area contributed by atoms with Crippen LogP contribution in [0.3, 0.4) is 0 Å². The summed E-state index contributed by atoms with van der Waals surface area (Å²) in [6.45, 7) is 0. The van der Waals surface area contributed by atoms with Crippen molar-refractivity contribution >= 4 is 61.9 Å². The Hall–Kier alpha value is -1.65. The Morgan fingerprint density at radius 2 is 1.69 bits per heavy atom. The summed E-state index contributed by atoms with van der Waals surface area (Å²) in [5, 5.41) is 15.7. The van der Waals surface area contributed by atoms with Crippen molar-refractivity contribution in [1.29, 1.82) is 0 Å². The van der Waals surface area contributed by atoms with E-state index in [0.29, 0.717) is 5.69 Å². The predicted molar refractivity (Wildman–Crippen MR) is 105 cm³/mol.